The molecule has 0 bridgehead atoms. The molecular formula is C10H13BrClN3O. The van der Waals surface area contributed by atoms with Crippen molar-refractivity contribution >= 4 is 33.3 Å². The molecule has 1 aromatic heterocycles. The molecule has 0 aliphatic heterocycles. The molecule has 2 N–H and O–H groups in total. The first-order chi connectivity index (χ1) is 7.66. The first kappa shape index (κ1) is 12.1. The highest BCUT2D eigenvalue weighted by atomic mass is 79.9. The van der Waals surface area contributed by atoms with E-state index in [1.165, 1.54) is 0 Å². The molecule has 0 saturated heterocycles. The van der Waals surface area contributed by atoms with Gasteiger partial charge in [0.05, 0.1) is 10.6 Å². The van der Waals surface area contributed by atoms with E-state index in [-0.39, 0.29) is 11.4 Å². The van der Waals surface area contributed by atoms with Crippen LogP contribution >= 0.6 is 27.5 Å². The minimum atomic E-state index is -0.191. The number of hydrogen-bond donors (Lipinski definition) is 2. The van der Waals surface area contributed by atoms with E-state index in [1.807, 2.05) is 0 Å². The summed E-state index contributed by atoms with van der Waals surface area (Å²) < 4.78 is 0.782. The molecular weight excluding hydrogens is 293 g/mol. The molecule has 4 nitrogen and oxygen atoms in total. The van der Waals surface area contributed by atoms with Gasteiger partial charge < -0.3 is 10.4 Å². The smallest absolute Gasteiger partial charge is 0.224 e. The number of anilines is 1. The Kier molecular flexibility index (Phi) is 4.00. The molecule has 0 radical (unpaired) electrons. The fourth-order valence-corrected chi connectivity index (χ4v) is 2.42. The standard InChI is InChI=1S/C10H13BrClN3O/c11-7-5-14-10(12)15-9(7)13-4-6-2-1-3-8(6)16/h5-6,8,16H,1-4H2,(H,13,14,15). The van der Waals surface area contributed by atoms with E-state index < -0.39 is 0 Å². The van der Waals surface area contributed by atoms with E-state index >= 15 is 0 Å². The molecule has 2 unspecified atom stereocenters. The van der Waals surface area contributed by atoms with Crippen molar-refractivity contribution < 1.29 is 5.11 Å². The summed E-state index contributed by atoms with van der Waals surface area (Å²) in [5.41, 5.74) is 0. The number of nitrogens with zero attached hydrogens (tertiary/aromatic N) is 2. The third-order valence-corrected chi connectivity index (χ3v) is 3.63. The SMILES string of the molecule is OC1CCCC1CNc1nc(Cl)ncc1Br. The molecule has 1 aromatic rings. The van der Waals surface area contributed by atoms with Crippen LogP contribution in [0.15, 0.2) is 10.7 Å². The van der Waals surface area contributed by atoms with Crippen LogP contribution in [0.1, 0.15) is 19.3 Å². The van der Waals surface area contributed by atoms with Crippen molar-refractivity contribution in [1.29, 1.82) is 0 Å². The Morgan fingerprint density at radius 3 is 3.06 bits per heavy atom. The largest absolute Gasteiger partial charge is 0.393 e. The van der Waals surface area contributed by atoms with E-state index in [4.69, 9.17) is 11.6 Å². The molecule has 1 aliphatic rings. The Labute approximate surface area is 108 Å². The van der Waals surface area contributed by atoms with Gasteiger partial charge in [0, 0.05) is 18.7 Å². The first-order valence-electron chi connectivity index (χ1n) is 5.27. The molecule has 2 atom stereocenters. The lowest BCUT2D eigenvalue weighted by Gasteiger charge is -2.15. The van der Waals surface area contributed by atoms with Crippen molar-refractivity contribution in [2.75, 3.05) is 11.9 Å². The summed E-state index contributed by atoms with van der Waals surface area (Å²) in [6.45, 7) is 0.715. The summed E-state index contributed by atoms with van der Waals surface area (Å²) in [4.78, 5) is 7.93. The van der Waals surface area contributed by atoms with Gasteiger partial charge in [-0.25, -0.2) is 4.98 Å². The Hall–Kier alpha value is -0.390. The number of hydrogen-bond acceptors (Lipinski definition) is 4. The van der Waals surface area contributed by atoms with Gasteiger partial charge in [-0.15, -0.1) is 0 Å². The fourth-order valence-electron chi connectivity index (χ4n) is 1.95. The molecule has 1 saturated carbocycles. The molecule has 1 aliphatic carbocycles. The Balaban J connectivity index is 1.96. The number of nitrogens with one attached hydrogen (secondary N) is 1. The second kappa shape index (κ2) is 5.29. The zero-order valence-corrected chi connectivity index (χ0v) is 11.0. The summed E-state index contributed by atoms with van der Waals surface area (Å²) in [7, 11) is 0. The minimum Gasteiger partial charge on any atom is -0.393 e. The van der Waals surface area contributed by atoms with Gasteiger partial charge in [-0.1, -0.05) is 6.42 Å². The molecule has 0 spiro atoms. The van der Waals surface area contributed by atoms with E-state index in [0.29, 0.717) is 18.3 Å². The van der Waals surface area contributed by atoms with Crippen molar-refractivity contribution in [2.24, 2.45) is 5.92 Å². The molecule has 88 valence electrons. The lowest BCUT2D eigenvalue weighted by Crippen LogP contribution is -2.22. The highest BCUT2D eigenvalue weighted by Crippen LogP contribution is 2.27. The highest BCUT2D eigenvalue weighted by molar-refractivity contribution is 9.10. The summed E-state index contributed by atoms with van der Waals surface area (Å²) >= 11 is 9.05. The van der Waals surface area contributed by atoms with Gasteiger partial charge in [-0.05, 0) is 40.4 Å². The van der Waals surface area contributed by atoms with Gasteiger partial charge in [0.1, 0.15) is 5.82 Å². The van der Waals surface area contributed by atoms with Crippen LogP contribution in [0.3, 0.4) is 0 Å². The van der Waals surface area contributed by atoms with Crippen molar-refractivity contribution in [2.45, 2.75) is 25.4 Å². The van der Waals surface area contributed by atoms with Crippen molar-refractivity contribution in [3.05, 3.63) is 16.0 Å². The summed E-state index contributed by atoms with van der Waals surface area (Å²) in [5.74, 6) is 0.986. The van der Waals surface area contributed by atoms with Crippen molar-refractivity contribution in [3.63, 3.8) is 0 Å². The minimum absolute atomic E-state index is 0.191. The molecule has 2 rings (SSSR count). The second-order valence-electron chi connectivity index (χ2n) is 3.97. The normalized spacial score (nSPS) is 24.7. The summed E-state index contributed by atoms with van der Waals surface area (Å²) in [6.07, 6.45) is 4.48. The van der Waals surface area contributed by atoms with Crippen molar-refractivity contribution in [3.8, 4) is 0 Å². The molecule has 1 fully saturated rings. The third kappa shape index (κ3) is 2.84. The monoisotopic (exact) mass is 305 g/mol. The average molecular weight is 307 g/mol. The zero-order chi connectivity index (χ0) is 11.5. The topological polar surface area (TPSA) is 58.0 Å². The van der Waals surface area contributed by atoms with E-state index in [9.17, 15) is 5.11 Å². The summed E-state index contributed by atoms with van der Waals surface area (Å²) in [6, 6.07) is 0. The number of rotatable bonds is 3. The zero-order valence-electron chi connectivity index (χ0n) is 8.66. The lowest BCUT2D eigenvalue weighted by molar-refractivity contribution is 0.138. The Morgan fingerprint density at radius 2 is 2.38 bits per heavy atom. The molecule has 16 heavy (non-hydrogen) atoms. The van der Waals surface area contributed by atoms with Crippen LogP contribution in [0.5, 0.6) is 0 Å². The Bertz CT molecular complexity index is 377. The summed E-state index contributed by atoms with van der Waals surface area (Å²) in [5, 5.41) is 13.1. The number of halogens is 2. The van der Waals surface area contributed by atoms with Crippen LogP contribution < -0.4 is 5.32 Å². The predicted molar refractivity (Wildman–Crippen MR) is 66.6 cm³/mol. The van der Waals surface area contributed by atoms with Crippen LogP contribution in [0.25, 0.3) is 0 Å². The number of aromatic nitrogens is 2. The predicted octanol–water partition coefficient (Wildman–Crippen LogP) is 2.47. The van der Waals surface area contributed by atoms with Crippen LogP contribution in [-0.4, -0.2) is 27.7 Å². The van der Waals surface area contributed by atoms with Gasteiger partial charge >= 0.3 is 0 Å². The second-order valence-corrected chi connectivity index (χ2v) is 5.17. The third-order valence-electron chi connectivity index (χ3n) is 2.87. The van der Waals surface area contributed by atoms with Crippen LogP contribution in [-0.2, 0) is 0 Å². The quantitative estimate of drug-likeness (QED) is 0.842. The maximum Gasteiger partial charge on any atom is 0.224 e. The van der Waals surface area contributed by atoms with Gasteiger partial charge in [0.2, 0.25) is 5.28 Å². The van der Waals surface area contributed by atoms with Crippen LogP contribution in [0, 0.1) is 5.92 Å². The van der Waals surface area contributed by atoms with E-state index in [0.717, 1.165) is 23.7 Å². The van der Waals surface area contributed by atoms with Crippen LogP contribution in [0.4, 0.5) is 5.82 Å². The van der Waals surface area contributed by atoms with Gasteiger partial charge in [0.15, 0.2) is 0 Å². The van der Waals surface area contributed by atoms with E-state index in [2.05, 4.69) is 31.2 Å². The molecule has 6 heteroatoms. The number of aliphatic hydroxyl groups excluding tert-OH is 1. The van der Waals surface area contributed by atoms with E-state index in [1.54, 1.807) is 6.20 Å². The van der Waals surface area contributed by atoms with Crippen molar-refractivity contribution in [1.82, 2.24) is 9.97 Å². The molecule has 0 aromatic carbocycles. The maximum atomic E-state index is 9.68. The Morgan fingerprint density at radius 1 is 1.56 bits per heavy atom. The molecule has 0 amide bonds. The van der Waals surface area contributed by atoms with Crippen LogP contribution in [0.2, 0.25) is 5.28 Å². The average Bonchev–Trinajstić information content (AvgIpc) is 2.66. The lowest BCUT2D eigenvalue weighted by atomic mass is 10.1. The highest BCUT2D eigenvalue weighted by Gasteiger charge is 2.25. The fraction of sp³-hybridized carbons (Fsp3) is 0.600. The molecule has 1 heterocycles. The first-order valence-corrected chi connectivity index (χ1v) is 6.44. The van der Waals surface area contributed by atoms with Gasteiger partial charge in [0.25, 0.3) is 0 Å². The van der Waals surface area contributed by atoms with Gasteiger partial charge in [-0.3, -0.25) is 0 Å². The van der Waals surface area contributed by atoms with Gasteiger partial charge in [-0.2, -0.15) is 4.98 Å². The number of aliphatic hydroxyl groups is 1. The maximum absolute atomic E-state index is 9.68.